The van der Waals surface area contributed by atoms with E-state index in [1.165, 1.54) is 0 Å². The van der Waals surface area contributed by atoms with Crippen molar-refractivity contribution in [3.63, 3.8) is 0 Å². The van der Waals surface area contributed by atoms with E-state index in [-0.39, 0.29) is 11.7 Å². The summed E-state index contributed by atoms with van der Waals surface area (Å²) in [5.41, 5.74) is 0.960. The molecule has 0 bridgehead atoms. The highest BCUT2D eigenvalue weighted by Crippen LogP contribution is 2.37. The van der Waals surface area contributed by atoms with Crippen molar-refractivity contribution in [3.05, 3.63) is 23.4 Å². The Morgan fingerprint density at radius 1 is 1.50 bits per heavy atom. The summed E-state index contributed by atoms with van der Waals surface area (Å²) in [7, 11) is 0. The van der Waals surface area contributed by atoms with Crippen molar-refractivity contribution in [1.29, 1.82) is 0 Å². The fraction of sp³-hybridized carbons (Fsp3) is 0.455. The zero-order chi connectivity index (χ0) is 12.5. The van der Waals surface area contributed by atoms with E-state index < -0.39 is 0 Å². The number of anilines is 1. The molecule has 0 saturated heterocycles. The lowest BCUT2D eigenvalue weighted by Crippen LogP contribution is -2.15. The Hall–Kier alpha value is -2.18. The molecule has 2 heterocycles. The van der Waals surface area contributed by atoms with Gasteiger partial charge in [-0.25, -0.2) is 4.98 Å². The molecule has 3 N–H and O–H groups in total. The van der Waals surface area contributed by atoms with Gasteiger partial charge in [0.05, 0.1) is 6.20 Å². The molecule has 0 unspecified atom stereocenters. The van der Waals surface area contributed by atoms with Crippen LogP contribution in [0.5, 0.6) is 0 Å². The highest BCUT2D eigenvalue weighted by Gasteiger charge is 2.28. The molecule has 18 heavy (non-hydrogen) atoms. The fourth-order valence-corrected chi connectivity index (χ4v) is 1.77. The van der Waals surface area contributed by atoms with Crippen LogP contribution in [0.1, 0.15) is 47.7 Å². The number of amides is 1. The lowest BCUT2D eigenvalue weighted by molar-refractivity contribution is 0.101. The van der Waals surface area contributed by atoms with Crippen molar-refractivity contribution < 1.29 is 4.79 Å². The maximum absolute atomic E-state index is 11.9. The average molecular weight is 246 g/mol. The number of aromatic nitrogens is 5. The van der Waals surface area contributed by atoms with Crippen LogP contribution < -0.4 is 5.32 Å². The summed E-state index contributed by atoms with van der Waals surface area (Å²) < 4.78 is 0. The van der Waals surface area contributed by atoms with Crippen molar-refractivity contribution in [2.75, 3.05) is 5.32 Å². The third kappa shape index (κ3) is 1.99. The van der Waals surface area contributed by atoms with Crippen LogP contribution in [-0.2, 0) is 6.42 Å². The molecule has 1 saturated carbocycles. The number of carbonyl (C=O) groups is 1. The number of rotatable bonds is 4. The number of hydrogen-bond acceptors (Lipinski definition) is 4. The van der Waals surface area contributed by atoms with Crippen molar-refractivity contribution in [2.24, 2.45) is 0 Å². The van der Waals surface area contributed by atoms with E-state index >= 15 is 0 Å². The molecule has 0 spiro atoms. The van der Waals surface area contributed by atoms with Crippen LogP contribution in [0.2, 0.25) is 0 Å². The summed E-state index contributed by atoms with van der Waals surface area (Å²) in [5.74, 6) is 1.73. The molecule has 1 amide bonds. The van der Waals surface area contributed by atoms with Gasteiger partial charge in [0.15, 0.2) is 0 Å². The molecule has 1 aliphatic carbocycles. The van der Waals surface area contributed by atoms with Crippen LogP contribution >= 0.6 is 0 Å². The molecular weight excluding hydrogens is 232 g/mol. The Labute approximate surface area is 103 Å². The highest BCUT2D eigenvalue weighted by molar-refractivity contribution is 6.01. The van der Waals surface area contributed by atoms with E-state index in [0.29, 0.717) is 11.7 Å². The smallest absolute Gasteiger partial charge is 0.296 e. The number of aryl methyl sites for hydroxylation is 1. The lowest BCUT2D eigenvalue weighted by Gasteiger charge is -2.00. The molecular formula is C11H14N6O. The van der Waals surface area contributed by atoms with E-state index in [9.17, 15) is 4.79 Å². The Morgan fingerprint density at radius 2 is 2.33 bits per heavy atom. The third-order valence-electron chi connectivity index (χ3n) is 3.01. The molecule has 0 aliphatic heterocycles. The number of hydrogen-bond donors (Lipinski definition) is 3. The summed E-state index contributed by atoms with van der Waals surface area (Å²) in [6.07, 6.45) is 4.74. The topological polar surface area (TPSA) is 99.4 Å². The van der Waals surface area contributed by atoms with E-state index in [1.807, 2.05) is 6.92 Å². The van der Waals surface area contributed by atoms with Crippen LogP contribution in [0.3, 0.4) is 0 Å². The molecule has 0 atom stereocenters. The maximum Gasteiger partial charge on any atom is 0.296 e. The van der Waals surface area contributed by atoms with Crippen LogP contribution in [0, 0.1) is 0 Å². The molecule has 94 valence electrons. The van der Waals surface area contributed by atoms with E-state index in [4.69, 9.17) is 0 Å². The van der Waals surface area contributed by atoms with E-state index in [2.05, 4.69) is 30.7 Å². The molecule has 2 aromatic rings. The second-order valence-corrected chi connectivity index (χ2v) is 4.40. The van der Waals surface area contributed by atoms with Gasteiger partial charge in [0, 0.05) is 11.5 Å². The van der Waals surface area contributed by atoms with E-state index in [0.717, 1.165) is 30.7 Å². The summed E-state index contributed by atoms with van der Waals surface area (Å²) in [4.78, 5) is 16.1. The molecule has 3 rings (SSSR count). The average Bonchev–Trinajstić information content (AvgIpc) is 2.93. The van der Waals surface area contributed by atoms with Crippen LogP contribution in [0.4, 0.5) is 5.82 Å². The molecule has 2 aromatic heterocycles. The predicted molar refractivity (Wildman–Crippen MR) is 64.3 cm³/mol. The van der Waals surface area contributed by atoms with Crippen LogP contribution in [0.15, 0.2) is 6.20 Å². The molecule has 1 aliphatic rings. The summed E-state index contributed by atoms with van der Waals surface area (Å²) in [6.45, 7) is 2.00. The van der Waals surface area contributed by atoms with Crippen LogP contribution in [0.25, 0.3) is 0 Å². The molecule has 7 heteroatoms. The first-order valence-electron chi connectivity index (χ1n) is 6.03. The van der Waals surface area contributed by atoms with Gasteiger partial charge in [0.25, 0.3) is 5.91 Å². The SMILES string of the molecule is CCc1cn[nH]c1NC(=O)c1n[nH]c(C2CC2)n1. The van der Waals surface area contributed by atoms with Gasteiger partial charge in [-0.05, 0) is 19.3 Å². The summed E-state index contributed by atoms with van der Waals surface area (Å²) in [5, 5.41) is 16.1. The van der Waals surface area contributed by atoms with Gasteiger partial charge in [0.2, 0.25) is 5.82 Å². The minimum Gasteiger partial charge on any atom is -0.304 e. The Kier molecular flexibility index (Phi) is 2.58. The standard InChI is InChI=1S/C11H14N6O/c1-2-6-5-12-15-8(6)14-11(18)10-13-9(16-17-10)7-3-4-7/h5,7H,2-4H2,1H3,(H,13,16,17)(H2,12,14,15,18). The first-order valence-corrected chi connectivity index (χ1v) is 6.03. The van der Waals surface area contributed by atoms with Crippen molar-refractivity contribution in [2.45, 2.75) is 32.1 Å². The largest absolute Gasteiger partial charge is 0.304 e. The second kappa shape index (κ2) is 4.25. The number of H-pyrrole nitrogens is 2. The van der Waals surface area contributed by atoms with Crippen LogP contribution in [-0.4, -0.2) is 31.3 Å². The number of carbonyl (C=O) groups excluding carboxylic acids is 1. The monoisotopic (exact) mass is 246 g/mol. The van der Waals surface area contributed by atoms with Gasteiger partial charge >= 0.3 is 0 Å². The van der Waals surface area contributed by atoms with Gasteiger partial charge in [-0.1, -0.05) is 6.92 Å². The number of nitrogens with one attached hydrogen (secondary N) is 3. The summed E-state index contributed by atoms with van der Waals surface area (Å²) >= 11 is 0. The first kappa shape index (κ1) is 10.9. The molecule has 0 aromatic carbocycles. The second-order valence-electron chi connectivity index (χ2n) is 4.40. The number of aromatic amines is 2. The molecule has 7 nitrogen and oxygen atoms in total. The van der Waals surface area contributed by atoms with Gasteiger partial charge < -0.3 is 5.32 Å². The van der Waals surface area contributed by atoms with Crippen molar-refractivity contribution >= 4 is 11.7 Å². The zero-order valence-corrected chi connectivity index (χ0v) is 10.0. The van der Waals surface area contributed by atoms with Gasteiger partial charge in [-0.2, -0.15) is 5.10 Å². The van der Waals surface area contributed by atoms with E-state index in [1.54, 1.807) is 6.20 Å². The zero-order valence-electron chi connectivity index (χ0n) is 10.0. The van der Waals surface area contributed by atoms with Gasteiger partial charge in [-0.3, -0.25) is 15.0 Å². The van der Waals surface area contributed by atoms with Crippen molar-refractivity contribution in [1.82, 2.24) is 25.4 Å². The molecule has 0 radical (unpaired) electrons. The number of nitrogens with zero attached hydrogens (tertiary/aromatic N) is 3. The maximum atomic E-state index is 11.9. The lowest BCUT2D eigenvalue weighted by atomic mass is 10.2. The Bertz CT molecular complexity index is 568. The Balaban J connectivity index is 1.73. The third-order valence-corrected chi connectivity index (χ3v) is 3.01. The van der Waals surface area contributed by atoms with Gasteiger partial charge in [-0.15, -0.1) is 5.10 Å². The predicted octanol–water partition coefficient (Wildman–Crippen LogP) is 1.22. The molecule has 1 fully saturated rings. The Morgan fingerprint density at radius 3 is 3.06 bits per heavy atom. The van der Waals surface area contributed by atoms with Crippen molar-refractivity contribution in [3.8, 4) is 0 Å². The minimum atomic E-state index is -0.322. The summed E-state index contributed by atoms with van der Waals surface area (Å²) in [6, 6.07) is 0. The first-order chi connectivity index (χ1) is 8.78. The fourth-order valence-electron chi connectivity index (χ4n) is 1.77. The normalized spacial score (nSPS) is 14.7. The quantitative estimate of drug-likeness (QED) is 0.755. The minimum absolute atomic E-state index is 0.175. The highest BCUT2D eigenvalue weighted by atomic mass is 16.2. The van der Waals surface area contributed by atoms with Gasteiger partial charge in [0.1, 0.15) is 11.6 Å².